The molecule has 0 aromatic carbocycles. The van der Waals surface area contributed by atoms with E-state index in [2.05, 4.69) is 28.8 Å². The first-order chi connectivity index (χ1) is 6.33. The van der Waals surface area contributed by atoms with Gasteiger partial charge in [0.25, 0.3) is 0 Å². The van der Waals surface area contributed by atoms with Crippen LogP contribution in [0.5, 0.6) is 0 Å². The average molecular weight is 197 g/mol. The summed E-state index contributed by atoms with van der Waals surface area (Å²) in [6.07, 6.45) is 1.02. The van der Waals surface area contributed by atoms with E-state index in [4.69, 9.17) is 5.84 Å². The van der Waals surface area contributed by atoms with Gasteiger partial charge in [0.1, 0.15) is 0 Å². The fraction of sp³-hybridized carbons (Fsp3) is 0.444. The maximum Gasteiger partial charge on any atom is 0.153 e. The molecule has 0 aliphatic carbocycles. The molecular formula is C9H15N3S. The zero-order valence-electron chi connectivity index (χ0n) is 8.00. The van der Waals surface area contributed by atoms with Crippen LogP contribution >= 0.6 is 11.3 Å². The Hall–Kier alpha value is -0.870. The van der Waals surface area contributed by atoms with E-state index in [1.165, 1.54) is 5.56 Å². The maximum atomic E-state index is 5.40. The highest BCUT2D eigenvalue weighted by atomic mass is 32.1. The molecule has 1 aromatic heterocycles. The van der Waals surface area contributed by atoms with E-state index in [0.717, 1.165) is 23.7 Å². The molecule has 0 atom stereocenters. The maximum absolute atomic E-state index is 5.40. The Morgan fingerprint density at radius 2 is 2.38 bits per heavy atom. The minimum atomic E-state index is 0.751. The van der Waals surface area contributed by atoms with Crippen molar-refractivity contribution in [2.75, 3.05) is 6.54 Å². The van der Waals surface area contributed by atoms with Crippen molar-refractivity contribution in [2.45, 2.75) is 20.3 Å². The highest BCUT2D eigenvalue weighted by molar-refractivity contribution is 7.12. The van der Waals surface area contributed by atoms with E-state index < -0.39 is 0 Å². The predicted octanol–water partition coefficient (Wildman–Crippen LogP) is 1.54. The largest absolute Gasteiger partial charge is 0.308 e. The van der Waals surface area contributed by atoms with Crippen LogP contribution in [0.1, 0.15) is 24.3 Å². The minimum absolute atomic E-state index is 0.751. The lowest BCUT2D eigenvalue weighted by atomic mass is 10.2. The number of aliphatic imine (C=N–C) groups is 1. The van der Waals surface area contributed by atoms with Crippen LogP contribution in [-0.4, -0.2) is 12.4 Å². The number of hydrogen-bond acceptors (Lipinski definition) is 3. The number of nitrogens with zero attached hydrogens (tertiary/aromatic N) is 1. The molecule has 3 N–H and O–H groups in total. The van der Waals surface area contributed by atoms with Gasteiger partial charge in [-0.1, -0.05) is 6.92 Å². The van der Waals surface area contributed by atoms with Gasteiger partial charge in [0, 0.05) is 6.54 Å². The van der Waals surface area contributed by atoms with E-state index in [-0.39, 0.29) is 0 Å². The lowest BCUT2D eigenvalue weighted by Gasteiger charge is -2.04. The molecule has 1 rings (SSSR count). The number of hydrogen-bond donors (Lipinski definition) is 2. The molecule has 1 heterocycles. The summed E-state index contributed by atoms with van der Waals surface area (Å²) in [6, 6.07) is 2.11. The number of rotatable bonds is 3. The number of amidine groups is 1. The number of nitrogens with one attached hydrogen (secondary N) is 1. The zero-order chi connectivity index (χ0) is 9.68. The Balaban J connectivity index is 2.97. The summed E-state index contributed by atoms with van der Waals surface area (Å²) in [4.78, 5) is 5.44. The second-order valence-electron chi connectivity index (χ2n) is 2.60. The summed E-state index contributed by atoms with van der Waals surface area (Å²) in [5.74, 6) is 6.20. The Morgan fingerprint density at radius 1 is 1.62 bits per heavy atom. The normalized spacial score (nSPS) is 11.8. The Kier molecular flexibility index (Phi) is 3.92. The van der Waals surface area contributed by atoms with Crippen LogP contribution in [0.3, 0.4) is 0 Å². The third-order valence-corrected chi connectivity index (χ3v) is 2.76. The summed E-state index contributed by atoms with van der Waals surface area (Å²) >= 11 is 1.67. The van der Waals surface area contributed by atoms with Gasteiger partial charge in [0.2, 0.25) is 0 Å². The Bertz CT molecular complexity index is 291. The van der Waals surface area contributed by atoms with Crippen LogP contribution in [0, 0.1) is 0 Å². The quantitative estimate of drug-likeness (QED) is 0.334. The van der Waals surface area contributed by atoms with Crippen LogP contribution in [-0.2, 0) is 6.42 Å². The zero-order valence-corrected chi connectivity index (χ0v) is 8.82. The number of hydrazine groups is 1. The van der Waals surface area contributed by atoms with E-state index in [9.17, 15) is 0 Å². The van der Waals surface area contributed by atoms with Crippen molar-refractivity contribution in [2.24, 2.45) is 10.8 Å². The molecule has 13 heavy (non-hydrogen) atoms. The molecule has 0 aliphatic rings. The van der Waals surface area contributed by atoms with Gasteiger partial charge in [-0.15, -0.1) is 11.3 Å². The summed E-state index contributed by atoms with van der Waals surface area (Å²) in [6.45, 7) is 4.88. The van der Waals surface area contributed by atoms with Gasteiger partial charge in [-0.05, 0) is 30.4 Å². The number of nitrogens with two attached hydrogens (primary N) is 1. The molecule has 0 aliphatic heterocycles. The molecule has 0 bridgehead atoms. The van der Waals surface area contributed by atoms with E-state index >= 15 is 0 Å². The van der Waals surface area contributed by atoms with Gasteiger partial charge in [-0.3, -0.25) is 4.99 Å². The second kappa shape index (κ2) is 4.99. The number of thiophene rings is 1. The first kappa shape index (κ1) is 10.2. The Morgan fingerprint density at radius 3 is 2.92 bits per heavy atom. The van der Waals surface area contributed by atoms with Gasteiger partial charge in [0.15, 0.2) is 5.84 Å². The fourth-order valence-corrected chi connectivity index (χ4v) is 2.13. The fourth-order valence-electron chi connectivity index (χ4n) is 1.16. The van der Waals surface area contributed by atoms with Crippen LogP contribution in [0.4, 0.5) is 0 Å². The summed E-state index contributed by atoms with van der Waals surface area (Å²) in [5, 5.41) is 2.07. The third-order valence-electron chi connectivity index (χ3n) is 1.80. The topological polar surface area (TPSA) is 50.4 Å². The lowest BCUT2D eigenvalue weighted by Crippen LogP contribution is -2.31. The van der Waals surface area contributed by atoms with Gasteiger partial charge < -0.3 is 5.43 Å². The molecule has 0 amide bonds. The van der Waals surface area contributed by atoms with E-state index in [1.807, 2.05) is 6.92 Å². The van der Waals surface area contributed by atoms with Crippen LogP contribution in [0.25, 0.3) is 0 Å². The molecule has 4 heteroatoms. The van der Waals surface area contributed by atoms with Crippen LogP contribution in [0.2, 0.25) is 0 Å². The van der Waals surface area contributed by atoms with Gasteiger partial charge >= 0.3 is 0 Å². The number of aryl methyl sites for hydroxylation is 1. The first-order valence-corrected chi connectivity index (χ1v) is 5.29. The molecule has 3 nitrogen and oxygen atoms in total. The molecule has 0 unspecified atom stereocenters. The van der Waals surface area contributed by atoms with Gasteiger partial charge in [0.05, 0.1) is 4.88 Å². The standard InChI is InChI=1S/C9H15N3S/c1-3-7-5-6-13-8(7)9(12-10)11-4-2/h5-6H,3-4,10H2,1-2H3,(H,11,12). The smallest absolute Gasteiger partial charge is 0.153 e. The Labute approximate surface area is 82.7 Å². The predicted molar refractivity (Wildman–Crippen MR) is 58.1 cm³/mol. The van der Waals surface area contributed by atoms with Gasteiger partial charge in [-0.25, -0.2) is 5.84 Å². The van der Waals surface area contributed by atoms with E-state index in [0.29, 0.717) is 0 Å². The van der Waals surface area contributed by atoms with Crippen LogP contribution < -0.4 is 11.3 Å². The van der Waals surface area contributed by atoms with Crippen molar-refractivity contribution in [1.82, 2.24) is 5.43 Å². The molecule has 1 aromatic rings. The molecule has 0 radical (unpaired) electrons. The highest BCUT2D eigenvalue weighted by Crippen LogP contribution is 2.17. The first-order valence-electron chi connectivity index (χ1n) is 4.41. The molecule has 0 saturated carbocycles. The lowest BCUT2D eigenvalue weighted by molar-refractivity contribution is 0.990. The third kappa shape index (κ3) is 2.29. The van der Waals surface area contributed by atoms with Crippen LogP contribution in [0.15, 0.2) is 16.4 Å². The SMILES string of the molecule is CCN=C(NN)c1sccc1CC. The van der Waals surface area contributed by atoms with Crippen molar-refractivity contribution in [1.29, 1.82) is 0 Å². The second-order valence-corrected chi connectivity index (χ2v) is 3.51. The van der Waals surface area contributed by atoms with Crippen molar-refractivity contribution in [3.05, 3.63) is 21.9 Å². The monoisotopic (exact) mass is 197 g/mol. The highest BCUT2D eigenvalue weighted by Gasteiger charge is 2.07. The molecule has 0 fully saturated rings. The summed E-state index contributed by atoms with van der Waals surface area (Å²) in [7, 11) is 0. The molecule has 0 spiro atoms. The van der Waals surface area contributed by atoms with Crippen molar-refractivity contribution in [3.63, 3.8) is 0 Å². The molecule has 72 valence electrons. The van der Waals surface area contributed by atoms with Crippen molar-refractivity contribution in [3.8, 4) is 0 Å². The van der Waals surface area contributed by atoms with E-state index in [1.54, 1.807) is 11.3 Å². The minimum Gasteiger partial charge on any atom is -0.308 e. The van der Waals surface area contributed by atoms with Gasteiger partial charge in [-0.2, -0.15) is 0 Å². The van der Waals surface area contributed by atoms with Crippen molar-refractivity contribution < 1.29 is 0 Å². The molecule has 0 saturated heterocycles. The summed E-state index contributed by atoms with van der Waals surface area (Å²) in [5.41, 5.74) is 3.94. The average Bonchev–Trinajstić information content (AvgIpc) is 2.61. The molecular weight excluding hydrogens is 182 g/mol. The van der Waals surface area contributed by atoms with Crippen molar-refractivity contribution >= 4 is 17.2 Å². The summed E-state index contributed by atoms with van der Waals surface area (Å²) < 4.78 is 0.